The quantitative estimate of drug-likeness (QED) is 0.297. The maximum Gasteiger partial charge on any atom is 0.303 e. The van der Waals surface area contributed by atoms with Crippen LogP contribution in [0.25, 0.3) is 0 Å². The van der Waals surface area contributed by atoms with E-state index in [1.54, 1.807) is 4.90 Å². The topological polar surface area (TPSA) is 111 Å². The first-order valence-corrected chi connectivity index (χ1v) is 13.1. The van der Waals surface area contributed by atoms with Gasteiger partial charge in [-0.2, -0.15) is 0 Å². The molecule has 0 bridgehead atoms. The van der Waals surface area contributed by atoms with Gasteiger partial charge in [0.15, 0.2) is 0 Å². The lowest BCUT2D eigenvalue weighted by Crippen LogP contribution is -2.34. The van der Waals surface area contributed by atoms with Crippen LogP contribution in [-0.2, 0) is 20.8 Å². The Kier molecular flexibility index (Phi) is 8.70. The Morgan fingerprint density at radius 2 is 1.79 bits per heavy atom. The van der Waals surface area contributed by atoms with Gasteiger partial charge in [0.05, 0.1) is 11.4 Å². The number of hydrogen-bond acceptors (Lipinski definition) is 5. The van der Waals surface area contributed by atoms with Gasteiger partial charge in [-0.05, 0) is 66.6 Å². The van der Waals surface area contributed by atoms with E-state index in [9.17, 15) is 14.4 Å². The van der Waals surface area contributed by atoms with Gasteiger partial charge in [0.1, 0.15) is 5.92 Å². The maximum absolute atomic E-state index is 13.2. The maximum atomic E-state index is 13.2. The molecule has 9 heteroatoms. The molecular formula is C29H29BrN4O4. The molecule has 1 unspecified atom stereocenters. The predicted octanol–water partition coefficient (Wildman–Crippen LogP) is 4.90. The van der Waals surface area contributed by atoms with Crippen molar-refractivity contribution in [2.24, 2.45) is 4.99 Å². The highest BCUT2D eigenvalue weighted by molar-refractivity contribution is 9.10. The number of fused-ring (bicyclic) bond motifs is 1. The van der Waals surface area contributed by atoms with E-state index in [-0.39, 0.29) is 18.2 Å². The molecule has 0 aromatic heterocycles. The van der Waals surface area contributed by atoms with Crippen LogP contribution in [0.5, 0.6) is 0 Å². The normalized spacial score (nSPS) is 14.7. The number of rotatable bonds is 10. The number of carboxylic acids is 1. The van der Waals surface area contributed by atoms with E-state index in [1.807, 2.05) is 73.8 Å². The van der Waals surface area contributed by atoms with Gasteiger partial charge in [-0.1, -0.05) is 46.3 Å². The minimum atomic E-state index is -0.848. The molecule has 196 valence electrons. The molecule has 1 heterocycles. The third kappa shape index (κ3) is 6.35. The standard InChI is InChI=1S/C29H29BrN4O4/c1-18(35)34(16-15-31-2)23-11-9-22(10-12-23)32-28(20-6-3-19(4-7-20)5-14-26(36)37)27-24-13-8-21(30)17-25(24)33-29(27)38/h3-4,6-13,17,27,31H,5,14-16H2,1-2H3,(H,33,38)(H,36,37). The van der Waals surface area contributed by atoms with E-state index < -0.39 is 11.9 Å². The zero-order chi connectivity index (χ0) is 27.2. The van der Waals surface area contributed by atoms with Crippen LogP contribution in [0.1, 0.15) is 36.0 Å². The average molecular weight is 577 g/mol. The summed E-state index contributed by atoms with van der Waals surface area (Å²) in [6.45, 7) is 2.75. The zero-order valence-corrected chi connectivity index (χ0v) is 22.8. The third-order valence-electron chi connectivity index (χ3n) is 6.37. The van der Waals surface area contributed by atoms with Crippen molar-refractivity contribution in [3.05, 3.63) is 87.9 Å². The van der Waals surface area contributed by atoms with E-state index in [0.29, 0.717) is 30.9 Å². The lowest BCUT2D eigenvalue weighted by Gasteiger charge is -2.21. The van der Waals surface area contributed by atoms with Crippen LogP contribution in [-0.4, -0.2) is 48.7 Å². The highest BCUT2D eigenvalue weighted by Crippen LogP contribution is 2.38. The lowest BCUT2D eigenvalue weighted by molar-refractivity contribution is -0.137. The molecule has 8 nitrogen and oxygen atoms in total. The summed E-state index contributed by atoms with van der Waals surface area (Å²) in [4.78, 5) is 42.9. The summed E-state index contributed by atoms with van der Waals surface area (Å²) in [5, 5.41) is 15.0. The van der Waals surface area contributed by atoms with Crippen molar-refractivity contribution in [1.82, 2.24) is 5.32 Å². The van der Waals surface area contributed by atoms with Crippen molar-refractivity contribution >= 4 is 56.5 Å². The summed E-state index contributed by atoms with van der Waals surface area (Å²) in [6.07, 6.45) is 0.468. The first-order chi connectivity index (χ1) is 18.3. The number of halogens is 1. The van der Waals surface area contributed by atoms with Gasteiger partial charge in [0.2, 0.25) is 11.8 Å². The van der Waals surface area contributed by atoms with Gasteiger partial charge in [0.25, 0.3) is 0 Å². The molecule has 4 rings (SSSR count). The van der Waals surface area contributed by atoms with E-state index in [1.165, 1.54) is 6.92 Å². The molecule has 0 aliphatic carbocycles. The summed E-state index contributed by atoms with van der Waals surface area (Å²) < 4.78 is 0.863. The zero-order valence-electron chi connectivity index (χ0n) is 21.2. The summed E-state index contributed by atoms with van der Waals surface area (Å²) in [6, 6.07) is 20.6. The number of hydrogen-bond donors (Lipinski definition) is 3. The number of carbonyl (C=O) groups excluding carboxylic acids is 2. The fourth-order valence-corrected chi connectivity index (χ4v) is 4.79. The number of amides is 2. The van der Waals surface area contributed by atoms with Gasteiger partial charge < -0.3 is 20.6 Å². The van der Waals surface area contributed by atoms with Gasteiger partial charge in [0, 0.05) is 42.3 Å². The highest BCUT2D eigenvalue weighted by Gasteiger charge is 2.35. The van der Waals surface area contributed by atoms with Crippen molar-refractivity contribution < 1.29 is 19.5 Å². The molecule has 1 aliphatic heterocycles. The van der Waals surface area contributed by atoms with E-state index in [0.717, 1.165) is 32.5 Å². The molecule has 0 spiro atoms. The number of aliphatic imine (C=N–C) groups is 1. The largest absolute Gasteiger partial charge is 0.481 e. The molecule has 0 radical (unpaired) electrons. The SMILES string of the molecule is CNCCN(C(C)=O)c1ccc(N=C(c2ccc(CCC(=O)O)cc2)C2C(=O)Nc3cc(Br)ccc32)cc1. The Labute approximate surface area is 229 Å². The van der Waals surface area contributed by atoms with Crippen molar-refractivity contribution in [3.63, 3.8) is 0 Å². The first-order valence-electron chi connectivity index (χ1n) is 12.3. The van der Waals surface area contributed by atoms with Crippen LogP contribution in [0.15, 0.2) is 76.2 Å². The van der Waals surface area contributed by atoms with Gasteiger partial charge in [-0.15, -0.1) is 0 Å². The Balaban J connectivity index is 1.73. The number of benzene rings is 3. The second-order valence-corrected chi connectivity index (χ2v) is 9.95. The molecule has 0 saturated heterocycles. The van der Waals surface area contributed by atoms with E-state index in [2.05, 4.69) is 26.6 Å². The van der Waals surface area contributed by atoms with Gasteiger partial charge in [-0.3, -0.25) is 19.4 Å². The number of nitrogens with one attached hydrogen (secondary N) is 2. The number of likely N-dealkylation sites (N-methyl/N-ethyl adjacent to an activating group) is 1. The number of anilines is 2. The second kappa shape index (κ2) is 12.1. The number of carboxylic acid groups (broad SMARTS) is 1. The Morgan fingerprint density at radius 3 is 2.42 bits per heavy atom. The van der Waals surface area contributed by atoms with E-state index >= 15 is 0 Å². The molecule has 1 aliphatic rings. The first kappa shape index (κ1) is 27.2. The molecule has 0 saturated carbocycles. The molecule has 1 atom stereocenters. The highest BCUT2D eigenvalue weighted by atomic mass is 79.9. The summed E-state index contributed by atoms with van der Waals surface area (Å²) in [7, 11) is 1.84. The number of aryl methyl sites for hydroxylation is 1. The molecule has 2 amide bonds. The Bertz CT molecular complexity index is 1370. The summed E-state index contributed by atoms with van der Waals surface area (Å²) >= 11 is 3.46. The predicted molar refractivity (Wildman–Crippen MR) is 153 cm³/mol. The molecule has 38 heavy (non-hydrogen) atoms. The van der Waals surface area contributed by atoms with Crippen LogP contribution in [0.4, 0.5) is 17.1 Å². The summed E-state index contributed by atoms with van der Waals surface area (Å²) in [5.41, 5.74) is 5.23. The monoisotopic (exact) mass is 576 g/mol. The van der Waals surface area contributed by atoms with Crippen molar-refractivity contribution in [2.45, 2.75) is 25.7 Å². The van der Waals surface area contributed by atoms with Crippen molar-refractivity contribution in [1.29, 1.82) is 0 Å². The molecule has 3 aromatic rings. The second-order valence-electron chi connectivity index (χ2n) is 9.03. The molecule has 0 fully saturated rings. The van der Waals surface area contributed by atoms with Gasteiger partial charge in [-0.25, -0.2) is 0 Å². The average Bonchev–Trinajstić information content (AvgIpc) is 3.21. The van der Waals surface area contributed by atoms with Crippen molar-refractivity contribution in [2.75, 3.05) is 30.4 Å². The fourth-order valence-electron chi connectivity index (χ4n) is 4.43. The van der Waals surface area contributed by atoms with Crippen LogP contribution < -0.4 is 15.5 Å². The third-order valence-corrected chi connectivity index (χ3v) is 6.87. The van der Waals surface area contributed by atoms with E-state index in [4.69, 9.17) is 10.1 Å². The number of aliphatic carboxylic acids is 1. The lowest BCUT2D eigenvalue weighted by atomic mass is 9.90. The van der Waals surface area contributed by atoms with Gasteiger partial charge >= 0.3 is 5.97 Å². The summed E-state index contributed by atoms with van der Waals surface area (Å²) in [5.74, 6) is -1.68. The minimum Gasteiger partial charge on any atom is -0.481 e. The van der Waals surface area contributed by atoms with Crippen LogP contribution in [0.2, 0.25) is 0 Å². The number of nitrogens with zero attached hydrogens (tertiary/aromatic N) is 2. The number of carbonyl (C=O) groups is 3. The van der Waals surface area contributed by atoms with Crippen LogP contribution in [0.3, 0.4) is 0 Å². The molecule has 3 aromatic carbocycles. The Morgan fingerprint density at radius 1 is 1.08 bits per heavy atom. The van der Waals surface area contributed by atoms with Crippen LogP contribution in [0, 0.1) is 0 Å². The minimum absolute atomic E-state index is 0.0471. The van der Waals surface area contributed by atoms with Crippen LogP contribution >= 0.6 is 15.9 Å². The smallest absolute Gasteiger partial charge is 0.303 e. The Hall–Kier alpha value is -3.82. The van der Waals surface area contributed by atoms with Crippen molar-refractivity contribution in [3.8, 4) is 0 Å². The fraction of sp³-hybridized carbons (Fsp3) is 0.241. The molecule has 3 N–H and O–H groups in total. The molecular weight excluding hydrogens is 548 g/mol.